The summed E-state index contributed by atoms with van der Waals surface area (Å²) in [6.07, 6.45) is 7.04. The summed E-state index contributed by atoms with van der Waals surface area (Å²) in [5.41, 5.74) is 0. The zero-order chi connectivity index (χ0) is 12.4. The van der Waals surface area contributed by atoms with Crippen molar-refractivity contribution in [1.82, 2.24) is 10.2 Å². The van der Waals surface area contributed by atoms with Crippen LogP contribution in [-0.4, -0.2) is 49.8 Å². The van der Waals surface area contributed by atoms with Crippen LogP contribution in [0, 0.1) is 11.8 Å². The average molecular weight is 252 g/mol. The maximum atomic E-state index is 5.70. The van der Waals surface area contributed by atoms with Gasteiger partial charge in [-0.1, -0.05) is 6.92 Å². The van der Waals surface area contributed by atoms with Crippen LogP contribution in [0.1, 0.15) is 39.0 Å². The van der Waals surface area contributed by atoms with E-state index in [2.05, 4.69) is 17.1 Å². The molecule has 3 fully saturated rings. The Hall–Kier alpha value is -0.120. The van der Waals surface area contributed by atoms with Crippen LogP contribution in [0.5, 0.6) is 0 Å². The van der Waals surface area contributed by atoms with Crippen molar-refractivity contribution in [2.45, 2.75) is 51.1 Å². The molecule has 3 aliphatic rings. The summed E-state index contributed by atoms with van der Waals surface area (Å²) < 4.78 is 5.70. The van der Waals surface area contributed by atoms with Gasteiger partial charge in [0, 0.05) is 31.1 Å². The molecule has 0 spiro atoms. The van der Waals surface area contributed by atoms with Crippen molar-refractivity contribution in [3.8, 4) is 0 Å². The molecule has 1 N–H and O–H groups in total. The summed E-state index contributed by atoms with van der Waals surface area (Å²) in [4.78, 5) is 2.78. The van der Waals surface area contributed by atoms with Crippen LogP contribution in [0.2, 0.25) is 0 Å². The van der Waals surface area contributed by atoms with Crippen molar-refractivity contribution in [3.05, 3.63) is 0 Å². The highest BCUT2D eigenvalue weighted by molar-refractivity contribution is 4.92. The number of nitrogens with zero attached hydrogens (tertiary/aromatic N) is 1. The van der Waals surface area contributed by atoms with Crippen molar-refractivity contribution < 1.29 is 4.74 Å². The highest BCUT2D eigenvalue weighted by atomic mass is 16.5. The Morgan fingerprint density at radius 2 is 1.94 bits per heavy atom. The Labute approximate surface area is 111 Å². The van der Waals surface area contributed by atoms with Gasteiger partial charge in [-0.05, 0) is 44.6 Å². The van der Waals surface area contributed by atoms with Crippen molar-refractivity contribution in [3.63, 3.8) is 0 Å². The number of rotatable bonds is 8. The normalized spacial score (nSPS) is 32.3. The fraction of sp³-hybridized carbons (Fsp3) is 1.00. The molecule has 1 aliphatic heterocycles. The Morgan fingerprint density at radius 3 is 2.61 bits per heavy atom. The zero-order valence-electron chi connectivity index (χ0n) is 11.7. The standard InChI is InChI=1S/C15H28N2O/c1-2-7-16-15-11-18-10-13(15)9-17(14-5-6-14)8-12-3-4-12/h12-16H,2-11H2,1H3. The van der Waals surface area contributed by atoms with Gasteiger partial charge >= 0.3 is 0 Å². The summed E-state index contributed by atoms with van der Waals surface area (Å²) in [5.74, 6) is 1.74. The molecule has 104 valence electrons. The third-order valence-corrected chi connectivity index (χ3v) is 4.58. The molecule has 0 aromatic carbocycles. The lowest BCUT2D eigenvalue weighted by Gasteiger charge is -2.28. The smallest absolute Gasteiger partial charge is 0.0623 e. The average Bonchev–Trinajstić information content (AvgIpc) is 3.26. The summed E-state index contributed by atoms with van der Waals surface area (Å²) in [6, 6.07) is 1.52. The van der Waals surface area contributed by atoms with Gasteiger partial charge in [-0.15, -0.1) is 0 Å². The molecule has 3 heteroatoms. The Bertz CT molecular complexity index is 263. The molecule has 3 rings (SSSR count). The van der Waals surface area contributed by atoms with Gasteiger partial charge in [0.2, 0.25) is 0 Å². The predicted molar refractivity (Wildman–Crippen MR) is 73.7 cm³/mol. The van der Waals surface area contributed by atoms with Gasteiger partial charge in [-0.3, -0.25) is 4.90 Å². The SMILES string of the molecule is CCCNC1COCC1CN(CC1CC1)C1CC1. The van der Waals surface area contributed by atoms with E-state index >= 15 is 0 Å². The van der Waals surface area contributed by atoms with E-state index in [1.54, 1.807) is 0 Å². The molecule has 0 bridgehead atoms. The second kappa shape index (κ2) is 5.89. The van der Waals surface area contributed by atoms with E-state index in [1.807, 2.05) is 0 Å². The van der Waals surface area contributed by atoms with Crippen molar-refractivity contribution >= 4 is 0 Å². The highest BCUT2D eigenvalue weighted by Crippen LogP contribution is 2.35. The Balaban J connectivity index is 1.48. The first-order chi connectivity index (χ1) is 8.86. The van der Waals surface area contributed by atoms with Crippen molar-refractivity contribution in [1.29, 1.82) is 0 Å². The second-order valence-electron chi connectivity index (χ2n) is 6.49. The molecule has 18 heavy (non-hydrogen) atoms. The molecule has 2 saturated carbocycles. The third-order valence-electron chi connectivity index (χ3n) is 4.58. The molecule has 3 nitrogen and oxygen atoms in total. The van der Waals surface area contributed by atoms with E-state index in [-0.39, 0.29) is 0 Å². The molecule has 0 amide bonds. The van der Waals surface area contributed by atoms with Crippen LogP contribution in [0.25, 0.3) is 0 Å². The first-order valence-electron chi connectivity index (χ1n) is 7.92. The first kappa shape index (κ1) is 12.9. The van der Waals surface area contributed by atoms with E-state index in [9.17, 15) is 0 Å². The molecule has 0 radical (unpaired) electrons. The Morgan fingerprint density at radius 1 is 1.11 bits per heavy atom. The maximum Gasteiger partial charge on any atom is 0.0623 e. The highest BCUT2D eigenvalue weighted by Gasteiger charge is 2.37. The maximum absolute atomic E-state index is 5.70. The second-order valence-corrected chi connectivity index (χ2v) is 6.49. The van der Waals surface area contributed by atoms with E-state index in [0.29, 0.717) is 6.04 Å². The summed E-state index contributed by atoms with van der Waals surface area (Å²) in [5, 5.41) is 3.66. The fourth-order valence-electron chi connectivity index (χ4n) is 3.08. The number of ether oxygens (including phenoxy) is 1. The Kier molecular flexibility index (Phi) is 4.22. The number of hydrogen-bond donors (Lipinski definition) is 1. The molecule has 1 heterocycles. The fourth-order valence-corrected chi connectivity index (χ4v) is 3.08. The molecule has 0 aromatic heterocycles. The summed E-state index contributed by atoms with van der Waals surface area (Å²) in [6.45, 7) is 7.89. The van der Waals surface area contributed by atoms with E-state index in [1.165, 1.54) is 45.2 Å². The molecule has 2 atom stereocenters. The van der Waals surface area contributed by atoms with Crippen LogP contribution in [0.3, 0.4) is 0 Å². The minimum absolute atomic E-state index is 0.602. The van der Waals surface area contributed by atoms with Crippen molar-refractivity contribution in [2.24, 2.45) is 11.8 Å². The lowest BCUT2D eigenvalue weighted by atomic mass is 10.0. The summed E-state index contributed by atoms with van der Waals surface area (Å²) >= 11 is 0. The van der Waals surface area contributed by atoms with Crippen LogP contribution >= 0.6 is 0 Å². The molecular formula is C15H28N2O. The number of hydrogen-bond acceptors (Lipinski definition) is 3. The predicted octanol–water partition coefficient (Wildman–Crippen LogP) is 1.88. The number of nitrogens with one attached hydrogen (secondary N) is 1. The lowest BCUT2D eigenvalue weighted by Crippen LogP contribution is -2.43. The molecular weight excluding hydrogens is 224 g/mol. The van der Waals surface area contributed by atoms with Gasteiger partial charge in [0.25, 0.3) is 0 Å². The van der Waals surface area contributed by atoms with Crippen molar-refractivity contribution in [2.75, 3.05) is 32.8 Å². The van der Waals surface area contributed by atoms with Crippen LogP contribution in [0.15, 0.2) is 0 Å². The van der Waals surface area contributed by atoms with Gasteiger partial charge < -0.3 is 10.1 Å². The lowest BCUT2D eigenvalue weighted by molar-refractivity contribution is 0.162. The quantitative estimate of drug-likeness (QED) is 0.714. The van der Waals surface area contributed by atoms with Gasteiger partial charge in [-0.2, -0.15) is 0 Å². The van der Waals surface area contributed by atoms with Gasteiger partial charge in [0.05, 0.1) is 13.2 Å². The third kappa shape index (κ3) is 3.46. The minimum atomic E-state index is 0.602. The molecule has 1 saturated heterocycles. The first-order valence-corrected chi connectivity index (χ1v) is 7.92. The van der Waals surface area contributed by atoms with E-state index in [4.69, 9.17) is 4.74 Å². The monoisotopic (exact) mass is 252 g/mol. The van der Waals surface area contributed by atoms with E-state index in [0.717, 1.165) is 37.6 Å². The zero-order valence-corrected chi connectivity index (χ0v) is 11.7. The van der Waals surface area contributed by atoms with Gasteiger partial charge in [-0.25, -0.2) is 0 Å². The topological polar surface area (TPSA) is 24.5 Å². The minimum Gasteiger partial charge on any atom is -0.379 e. The largest absolute Gasteiger partial charge is 0.379 e. The van der Waals surface area contributed by atoms with Gasteiger partial charge in [0.1, 0.15) is 0 Å². The summed E-state index contributed by atoms with van der Waals surface area (Å²) in [7, 11) is 0. The van der Waals surface area contributed by atoms with Crippen LogP contribution in [0.4, 0.5) is 0 Å². The molecule has 2 unspecified atom stereocenters. The van der Waals surface area contributed by atoms with Gasteiger partial charge in [0.15, 0.2) is 0 Å². The molecule has 2 aliphatic carbocycles. The molecule has 0 aromatic rings. The van der Waals surface area contributed by atoms with Crippen LogP contribution < -0.4 is 5.32 Å². The van der Waals surface area contributed by atoms with E-state index < -0.39 is 0 Å². The van der Waals surface area contributed by atoms with Crippen LogP contribution in [-0.2, 0) is 4.74 Å².